The minimum atomic E-state index is -1.20. The van der Waals surface area contributed by atoms with Gasteiger partial charge in [0, 0.05) is 5.69 Å². The SMILES string of the molecule is CCC1(c2ccc(OC)c(C)c2)NC(=O)N(CC(=O)Nc2c(C)cc(C)cc2C)C1=O. The first-order valence-electron chi connectivity index (χ1n) is 10.3. The largest absolute Gasteiger partial charge is 0.496 e. The summed E-state index contributed by atoms with van der Waals surface area (Å²) in [4.78, 5) is 39.7. The first-order valence-corrected chi connectivity index (χ1v) is 10.3. The zero-order chi connectivity index (χ0) is 22.9. The fourth-order valence-electron chi connectivity index (χ4n) is 4.25. The molecule has 164 valence electrons. The van der Waals surface area contributed by atoms with E-state index in [0.29, 0.717) is 23.4 Å². The molecular weight excluding hydrogens is 394 g/mol. The van der Waals surface area contributed by atoms with Crippen LogP contribution in [0.3, 0.4) is 0 Å². The fraction of sp³-hybridized carbons (Fsp3) is 0.375. The molecule has 1 aliphatic rings. The second-order valence-electron chi connectivity index (χ2n) is 8.09. The number of rotatable bonds is 6. The second-order valence-corrected chi connectivity index (χ2v) is 8.09. The van der Waals surface area contributed by atoms with E-state index in [1.165, 1.54) is 0 Å². The number of amides is 4. The Bertz CT molecular complexity index is 1040. The summed E-state index contributed by atoms with van der Waals surface area (Å²) in [5.41, 5.74) is 3.99. The highest BCUT2D eigenvalue weighted by Gasteiger charge is 2.51. The van der Waals surface area contributed by atoms with Crippen LogP contribution in [0.25, 0.3) is 0 Å². The number of hydrogen-bond donors (Lipinski definition) is 2. The molecule has 2 aromatic rings. The van der Waals surface area contributed by atoms with E-state index in [2.05, 4.69) is 10.6 Å². The van der Waals surface area contributed by atoms with Gasteiger partial charge < -0.3 is 15.4 Å². The van der Waals surface area contributed by atoms with Crippen LogP contribution >= 0.6 is 0 Å². The lowest BCUT2D eigenvalue weighted by Gasteiger charge is -2.26. The number of methoxy groups -OCH3 is 1. The number of benzene rings is 2. The van der Waals surface area contributed by atoms with Crippen LogP contribution < -0.4 is 15.4 Å². The Balaban J connectivity index is 1.84. The van der Waals surface area contributed by atoms with Crippen LogP contribution in [0, 0.1) is 27.7 Å². The summed E-state index contributed by atoms with van der Waals surface area (Å²) < 4.78 is 5.30. The Morgan fingerprint density at radius 2 is 1.71 bits per heavy atom. The number of carbonyl (C=O) groups is 3. The van der Waals surface area contributed by atoms with Crippen LogP contribution in [0.1, 0.15) is 41.2 Å². The van der Waals surface area contributed by atoms with E-state index in [9.17, 15) is 14.4 Å². The highest BCUT2D eigenvalue weighted by atomic mass is 16.5. The number of imide groups is 1. The van der Waals surface area contributed by atoms with E-state index in [1.54, 1.807) is 19.2 Å². The van der Waals surface area contributed by atoms with Crippen molar-refractivity contribution in [3.8, 4) is 5.75 Å². The van der Waals surface area contributed by atoms with E-state index < -0.39 is 23.4 Å². The number of nitrogens with one attached hydrogen (secondary N) is 2. The van der Waals surface area contributed by atoms with Crippen LogP contribution in [-0.2, 0) is 15.1 Å². The average molecular weight is 424 g/mol. The van der Waals surface area contributed by atoms with Gasteiger partial charge in [-0.05, 0) is 68.5 Å². The molecule has 1 aliphatic heterocycles. The summed E-state index contributed by atoms with van der Waals surface area (Å²) in [6.45, 7) is 9.18. The van der Waals surface area contributed by atoms with Gasteiger partial charge in [-0.1, -0.05) is 30.7 Å². The third kappa shape index (κ3) is 4.00. The zero-order valence-electron chi connectivity index (χ0n) is 18.9. The lowest BCUT2D eigenvalue weighted by atomic mass is 9.86. The lowest BCUT2D eigenvalue weighted by Crippen LogP contribution is -2.44. The number of aryl methyl sites for hydroxylation is 4. The van der Waals surface area contributed by atoms with Gasteiger partial charge in [0.25, 0.3) is 5.91 Å². The van der Waals surface area contributed by atoms with Gasteiger partial charge >= 0.3 is 6.03 Å². The summed E-state index contributed by atoms with van der Waals surface area (Å²) in [5.74, 6) is -0.153. The minimum Gasteiger partial charge on any atom is -0.496 e. The molecule has 1 unspecified atom stereocenters. The van der Waals surface area contributed by atoms with E-state index in [0.717, 1.165) is 27.2 Å². The molecule has 1 atom stereocenters. The molecule has 0 aliphatic carbocycles. The topological polar surface area (TPSA) is 87.7 Å². The van der Waals surface area contributed by atoms with Crippen LogP contribution in [0.5, 0.6) is 5.75 Å². The molecule has 0 bridgehead atoms. The van der Waals surface area contributed by atoms with Crippen molar-refractivity contribution in [2.45, 2.75) is 46.6 Å². The third-order valence-electron chi connectivity index (χ3n) is 5.84. The van der Waals surface area contributed by atoms with E-state index in [-0.39, 0.29) is 6.54 Å². The van der Waals surface area contributed by atoms with Gasteiger partial charge in [-0.3, -0.25) is 14.5 Å². The molecule has 2 N–H and O–H groups in total. The maximum Gasteiger partial charge on any atom is 0.325 e. The molecule has 1 heterocycles. The van der Waals surface area contributed by atoms with Gasteiger partial charge in [0.1, 0.15) is 17.8 Å². The number of nitrogens with zero attached hydrogens (tertiary/aromatic N) is 1. The van der Waals surface area contributed by atoms with Gasteiger partial charge in [-0.2, -0.15) is 0 Å². The van der Waals surface area contributed by atoms with Crippen LogP contribution in [0.2, 0.25) is 0 Å². The van der Waals surface area contributed by atoms with Crippen molar-refractivity contribution >= 4 is 23.5 Å². The first kappa shape index (κ1) is 22.3. The first-order chi connectivity index (χ1) is 14.6. The quantitative estimate of drug-likeness (QED) is 0.693. The van der Waals surface area contributed by atoms with Crippen LogP contribution in [0.15, 0.2) is 30.3 Å². The average Bonchev–Trinajstić information content (AvgIpc) is 2.95. The molecule has 0 spiro atoms. The summed E-state index contributed by atoms with van der Waals surface area (Å²) in [7, 11) is 1.58. The van der Waals surface area contributed by atoms with E-state index in [4.69, 9.17) is 4.74 Å². The molecule has 3 rings (SSSR count). The van der Waals surface area contributed by atoms with Gasteiger partial charge in [0.2, 0.25) is 5.91 Å². The normalized spacial score (nSPS) is 18.2. The summed E-state index contributed by atoms with van der Waals surface area (Å²) in [5, 5.41) is 5.67. The third-order valence-corrected chi connectivity index (χ3v) is 5.84. The Hall–Kier alpha value is -3.35. The van der Waals surface area contributed by atoms with Crippen LogP contribution in [-0.4, -0.2) is 36.4 Å². The monoisotopic (exact) mass is 423 g/mol. The molecular formula is C24H29N3O4. The summed E-state index contributed by atoms with van der Waals surface area (Å²) >= 11 is 0. The number of carbonyl (C=O) groups excluding carboxylic acids is 3. The number of ether oxygens (including phenoxy) is 1. The minimum absolute atomic E-state index is 0.353. The maximum atomic E-state index is 13.3. The zero-order valence-corrected chi connectivity index (χ0v) is 18.9. The second kappa shape index (κ2) is 8.41. The summed E-state index contributed by atoms with van der Waals surface area (Å²) in [6.07, 6.45) is 0.359. The molecule has 1 saturated heterocycles. The Labute approximate surface area is 182 Å². The van der Waals surface area contributed by atoms with Gasteiger partial charge in [0.15, 0.2) is 0 Å². The molecule has 2 aromatic carbocycles. The van der Waals surface area contributed by atoms with Crippen molar-refractivity contribution in [3.05, 3.63) is 58.1 Å². The van der Waals surface area contributed by atoms with Crippen molar-refractivity contribution < 1.29 is 19.1 Å². The predicted molar refractivity (Wildman–Crippen MR) is 119 cm³/mol. The molecule has 0 saturated carbocycles. The smallest absolute Gasteiger partial charge is 0.325 e. The molecule has 31 heavy (non-hydrogen) atoms. The molecule has 4 amide bonds. The Kier molecular flexibility index (Phi) is 6.06. The Morgan fingerprint density at radius 3 is 2.26 bits per heavy atom. The van der Waals surface area contributed by atoms with Crippen molar-refractivity contribution in [1.29, 1.82) is 0 Å². The van der Waals surface area contributed by atoms with Crippen LogP contribution in [0.4, 0.5) is 10.5 Å². The van der Waals surface area contributed by atoms with Crippen molar-refractivity contribution in [2.75, 3.05) is 19.0 Å². The predicted octanol–water partition coefficient (Wildman–Crippen LogP) is 3.72. The molecule has 0 aromatic heterocycles. The maximum absolute atomic E-state index is 13.3. The molecule has 0 radical (unpaired) electrons. The van der Waals surface area contributed by atoms with Gasteiger partial charge in [-0.25, -0.2) is 4.79 Å². The van der Waals surface area contributed by atoms with Crippen molar-refractivity contribution in [2.24, 2.45) is 0 Å². The lowest BCUT2D eigenvalue weighted by molar-refractivity contribution is -0.134. The number of urea groups is 1. The number of anilines is 1. The Morgan fingerprint density at radius 1 is 1.06 bits per heavy atom. The standard InChI is InChI=1S/C24H29N3O4/c1-7-24(18-8-9-19(31-6)15(3)12-18)22(29)27(23(30)26-24)13-20(28)25-21-16(4)10-14(2)11-17(21)5/h8-12H,7,13H2,1-6H3,(H,25,28)(H,26,30). The van der Waals surface area contributed by atoms with Gasteiger partial charge in [-0.15, -0.1) is 0 Å². The van der Waals surface area contributed by atoms with Gasteiger partial charge in [0.05, 0.1) is 7.11 Å². The van der Waals surface area contributed by atoms with Crippen molar-refractivity contribution in [1.82, 2.24) is 10.2 Å². The molecule has 1 fully saturated rings. The highest BCUT2D eigenvalue weighted by Crippen LogP contribution is 2.34. The molecule has 7 nitrogen and oxygen atoms in total. The van der Waals surface area contributed by atoms with E-state index in [1.807, 2.05) is 52.8 Å². The highest BCUT2D eigenvalue weighted by molar-refractivity contribution is 6.10. The van der Waals surface area contributed by atoms with Crippen molar-refractivity contribution in [3.63, 3.8) is 0 Å². The fourth-order valence-corrected chi connectivity index (χ4v) is 4.25. The number of hydrogen-bond acceptors (Lipinski definition) is 4. The summed E-state index contributed by atoms with van der Waals surface area (Å²) in [6, 6.07) is 8.77. The van der Waals surface area contributed by atoms with E-state index >= 15 is 0 Å². The molecule has 7 heteroatoms.